The van der Waals surface area contributed by atoms with Gasteiger partial charge in [0.2, 0.25) is 0 Å². The molecule has 1 aromatic rings. The first-order valence-corrected chi connectivity index (χ1v) is 5.16. The average molecular weight is 237 g/mol. The van der Waals surface area contributed by atoms with Crippen molar-refractivity contribution in [3.63, 3.8) is 0 Å². The van der Waals surface area contributed by atoms with Gasteiger partial charge in [-0.05, 0) is 25.5 Å². The van der Waals surface area contributed by atoms with Crippen LogP contribution in [0.2, 0.25) is 0 Å². The molecular weight excluding hydrogens is 224 g/mol. The number of terminal acetylenes is 1. The number of aryl methyl sites for hydroxylation is 1. The molecule has 0 saturated heterocycles. The normalized spacial score (nSPS) is 11.7. The summed E-state index contributed by atoms with van der Waals surface area (Å²) in [5, 5.41) is 2.44. The molecule has 0 heterocycles. The van der Waals surface area contributed by atoms with Crippen LogP contribution < -0.4 is 5.32 Å². The fourth-order valence-electron chi connectivity index (χ4n) is 1.39. The van der Waals surface area contributed by atoms with E-state index in [1.165, 1.54) is 13.0 Å². The highest BCUT2D eigenvalue weighted by Crippen LogP contribution is 2.16. The summed E-state index contributed by atoms with van der Waals surface area (Å²) in [4.78, 5) is 11.7. The van der Waals surface area contributed by atoms with Gasteiger partial charge in [-0.1, -0.05) is 6.07 Å². The maximum atomic E-state index is 13.6. The van der Waals surface area contributed by atoms with Crippen molar-refractivity contribution in [1.82, 2.24) is 5.32 Å². The summed E-state index contributed by atoms with van der Waals surface area (Å²) >= 11 is 0. The standard InChI is InChI=1S/C13H13F2NO/c1-4-5-9(3)16-13(17)11-10(14)7-6-8(2)12(11)15/h1,6-7,9H,5H2,2-3H3,(H,16,17). The van der Waals surface area contributed by atoms with Gasteiger partial charge in [-0.2, -0.15) is 0 Å². The Morgan fingerprint density at radius 2 is 2.18 bits per heavy atom. The van der Waals surface area contributed by atoms with Gasteiger partial charge in [0.25, 0.3) is 5.91 Å². The Morgan fingerprint density at radius 3 is 2.76 bits per heavy atom. The van der Waals surface area contributed by atoms with Crippen LogP contribution >= 0.6 is 0 Å². The van der Waals surface area contributed by atoms with Crippen molar-refractivity contribution in [1.29, 1.82) is 0 Å². The molecule has 90 valence electrons. The van der Waals surface area contributed by atoms with Crippen molar-refractivity contribution >= 4 is 5.91 Å². The molecule has 1 aromatic carbocycles. The summed E-state index contributed by atoms with van der Waals surface area (Å²) in [6.07, 6.45) is 5.38. The van der Waals surface area contributed by atoms with Crippen molar-refractivity contribution in [3.05, 3.63) is 34.9 Å². The van der Waals surface area contributed by atoms with Gasteiger partial charge in [0.15, 0.2) is 0 Å². The number of nitrogens with one attached hydrogen (secondary N) is 1. The molecule has 4 heteroatoms. The Kier molecular flexibility index (Phi) is 4.22. The summed E-state index contributed by atoms with van der Waals surface area (Å²) in [7, 11) is 0. The second-order valence-electron chi connectivity index (χ2n) is 3.84. The monoisotopic (exact) mass is 237 g/mol. The minimum absolute atomic E-state index is 0.223. The highest BCUT2D eigenvalue weighted by Gasteiger charge is 2.19. The third-order valence-corrected chi connectivity index (χ3v) is 2.31. The van der Waals surface area contributed by atoms with Crippen LogP contribution in [0.15, 0.2) is 12.1 Å². The Balaban J connectivity index is 2.97. The van der Waals surface area contributed by atoms with Gasteiger partial charge in [0.1, 0.15) is 17.2 Å². The lowest BCUT2D eigenvalue weighted by Crippen LogP contribution is -2.33. The zero-order valence-corrected chi connectivity index (χ0v) is 9.68. The molecule has 0 fully saturated rings. The van der Waals surface area contributed by atoms with Crippen molar-refractivity contribution in [3.8, 4) is 12.3 Å². The molecule has 0 aliphatic carbocycles. The van der Waals surface area contributed by atoms with E-state index in [9.17, 15) is 13.6 Å². The van der Waals surface area contributed by atoms with Gasteiger partial charge in [-0.15, -0.1) is 12.3 Å². The Labute approximate surface area is 99.0 Å². The molecule has 0 spiro atoms. The number of benzene rings is 1. The fourth-order valence-corrected chi connectivity index (χ4v) is 1.39. The number of hydrogen-bond donors (Lipinski definition) is 1. The number of halogens is 2. The van der Waals surface area contributed by atoms with Crippen LogP contribution in [0.3, 0.4) is 0 Å². The molecule has 1 unspecified atom stereocenters. The van der Waals surface area contributed by atoms with E-state index in [0.29, 0.717) is 6.42 Å². The predicted molar refractivity (Wildman–Crippen MR) is 61.5 cm³/mol. The van der Waals surface area contributed by atoms with Gasteiger partial charge in [0.05, 0.1) is 0 Å². The molecule has 1 rings (SSSR count). The van der Waals surface area contributed by atoms with E-state index in [1.54, 1.807) is 6.92 Å². The van der Waals surface area contributed by atoms with Crippen molar-refractivity contribution in [2.24, 2.45) is 0 Å². The van der Waals surface area contributed by atoms with Gasteiger partial charge < -0.3 is 5.32 Å². The van der Waals surface area contributed by atoms with Crippen LogP contribution in [0.1, 0.15) is 29.3 Å². The van der Waals surface area contributed by atoms with Gasteiger partial charge >= 0.3 is 0 Å². The molecule has 1 amide bonds. The van der Waals surface area contributed by atoms with E-state index < -0.39 is 23.1 Å². The first-order chi connectivity index (χ1) is 7.97. The van der Waals surface area contributed by atoms with Crippen molar-refractivity contribution in [2.75, 3.05) is 0 Å². The highest BCUT2D eigenvalue weighted by molar-refractivity contribution is 5.95. The summed E-state index contributed by atoms with van der Waals surface area (Å²) < 4.78 is 27.0. The summed E-state index contributed by atoms with van der Waals surface area (Å²) in [5.74, 6) is -0.137. The van der Waals surface area contributed by atoms with Gasteiger partial charge in [-0.3, -0.25) is 4.79 Å². The topological polar surface area (TPSA) is 29.1 Å². The zero-order chi connectivity index (χ0) is 13.0. The SMILES string of the molecule is C#CCC(C)NC(=O)c1c(F)ccc(C)c1F. The van der Waals surface area contributed by atoms with Crippen molar-refractivity contribution in [2.45, 2.75) is 26.3 Å². The maximum Gasteiger partial charge on any atom is 0.257 e. The van der Waals surface area contributed by atoms with Crippen LogP contribution in [0.4, 0.5) is 8.78 Å². The minimum atomic E-state index is -0.876. The van der Waals surface area contributed by atoms with E-state index in [-0.39, 0.29) is 11.6 Å². The first kappa shape index (κ1) is 13.2. The molecule has 0 bridgehead atoms. The van der Waals surface area contributed by atoms with E-state index in [2.05, 4.69) is 11.2 Å². The second-order valence-corrected chi connectivity index (χ2v) is 3.84. The van der Waals surface area contributed by atoms with Crippen LogP contribution in [0.5, 0.6) is 0 Å². The van der Waals surface area contributed by atoms with Crippen molar-refractivity contribution < 1.29 is 13.6 Å². The maximum absolute atomic E-state index is 13.6. The summed E-state index contributed by atoms with van der Waals surface area (Å²) in [6.45, 7) is 3.14. The average Bonchev–Trinajstić information content (AvgIpc) is 2.24. The molecule has 0 saturated carbocycles. The smallest absolute Gasteiger partial charge is 0.257 e. The molecule has 1 N–H and O–H groups in total. The molecular formula is C13H13F2NO. The first-order valence-electron chi connectivity index (χ1n) is 5.16. The lowest BCUT2D eigenvalue weighted by atomic mass is 10.1. The van der Waals surface area contributed by atoms with E-state index in [4.69, 9.17) is 6.42 Å². The molecule has 0 aliphatic rings. The predicted octanol–water partition coefficient (Wildman–Crippen LogP) is 2.41. The second kappa shape index (κ2) is 5.44. The lowest BCUT2D eigenvalue weighted by molar-refractivity contribution is 0.0932. The molecule has 0 aromatic heterocycles. The number of carbonyl (C=O) groups excluding carboxylic acids is 1. The Hall–Kier alpha value is -1.89. The third kappa shape index (κ3) is 3.04. The van der Waals surface area contributed by atoms with Crippen LogP contribution in [-0.4, -0.2) is 11.9 Å². The minimum Gasteiger partial charge on any atom is -0.348 e. The van der Waals surface area contributed by atoms with Crippen LogP contribution in [-0.2, 0) is 0 Å². The number of rotatable bonds is 3. The van der Waals surface area contributed by atoms with Crippen LogP contribution in [0, 0.1) is 30.9 Å². The van der Waals surface area contributed by atoms with Gasteiger partial charge in [0, 0.05) is 12.5 Å². The van der Waals surface area contributed by atoms with E-state index >= 15 is 0 Å². The number of amides is 1. The zero-order valence-electron chi connectivity index (χ0n) is 9.68. The number of carbonyl (C=O) groups is 1. The molecule has 1 atom stereocenters. The van der Waals surface area contributed by atoms with E-state index in [0.717, 1.165) is 6.07 Å². The summed E-state index contributed by atoms with van der Waals surface area (Å²) in [5.41, 5.74) is -0.338. The third-order valence-electron chi connectivity index (χ3n) is 2.31. The quantitative estimate of drug-likeness (QED) is 0.804. The van der Waals surface area contributed by atoms with Gasteiger partial charge in [-0.25, -0.2) is 8.78 Å². The Bertz CT molecular complexity index is 477. The van der Waals surface area contributed by atoms with Crippen LogP contribution in [0.25, 0.3) is 0 Å². The number of hydrogen-bond acceptors (Lipinski definition) is 1. The molecule has 0 radical (unpaired) electrons. The Morgan fingerprint density at radius 1 is 1.53 bits per heavy atom. The highest BCUT2D eigenvalue weighted by atomic mass is 19.1. The lowest BCUT2D eigenvalue weighted by Gasteiger charge is -2.12. The molecule has 0 aliphatic heterocycles. The molecule has 2 nitrogen and oxygen atoms in total. The fraction of sp³-hybridized carbons (Fsp3) is 0.308. The summed E-state index contributed by atoms with van der Waals surface area (Å²) in [6, 6.07) is 2.03. The molecule has 17 heavy (non-hydrogen) atoms. The largest absolute Gasteiger partial charge is 0.348 e. The van der Waals surface area contributed by atoms with E-state index in [1.807, 2.05) is 0 Å².